The van der Waals surface area contributed by atoms with E-state index in [1.807, 2.05) is 25.1 Å². The number of aromatic nitrogens is 5. The van der Waals surface area contributed by atoms with Crippen LogP contribution < -0.4 is 10.0 Å². The molecule has 0 saturated heterocycles. The highest BCUT2D eigenvalue weighted by molar-refractivity contribution is 7.90. The molecule has 1 aliphatic heterocycles. The van der Waals surface area contributed by atoms with E-state index in [-0.39, 0.29) is 5.71 Å². The Hall–Kier alpha value is -3.51. The number of rotatable bonds is 9. The number of fused-ring (bicyclic) bond motifs is 1. The van der Waals surface area contributed by atoms with E-state index in [2.05, 4.69) is 39.0 Å². The SMILES string of the molecule is CCCN(CCC)c1ccc(N=C2C(CS(N)(=O)=O)=Nn3c2nnc3-c2ccccn2)c(C)n1. The van der Waals surface area contributed by atoms with Gasteiger partial charge < -0.3 is 4.90 Å². The molecule has 0 amide bonds. The molecule has 178 valence electrons. The first-order valence-corrected chi connectivity index (χ1v) is 12.8. The van der Waals surface area contributed by atoms with Gasteiger partial charge in [0.15, 0.2) is 0 Å². The highest BCUT2D eigenvalue weighted by Crippen LogP contribution is 2.26. The van der Waals surface area contributed by atoms with Gasteiger partial charge in [-0.3, -0.25) is 4.98 Å². The molecule has 11 nitrogen and oxygen atoms in total. The zero-order valence-electron chi connectivity index (χ0n) is 19.4. The maximum Gasteiger partial charge on any atom is 0.214 e. The highest BCUT2D eigenvalue weighted by atomic mass is 32.2. The predicted molar refractivity (Wildman–Crippen MR) is 132 cm³/mol. The van der Waals surface area contributed by atoms with Crippen molar-refractivity contribution < 1.29 is 8.42 Å². The second-order valence-corrected chi connectivity index (χ2v) is 9.56. The van der Waals surface area contributed by atoms with Crippen molar-refractivity contribution in [2.45, 2.75) is 33.6 Å². The van der Waals surface area contributed by atoms with Gasteiger partial charge in [0.2, 0.25) is 21.7 Å². The van der Waals surface area contributed by atoms with Crippen LogP contribution in [-0.4, -0.2) is 63.5 Å². The third-order valence-electron chi connectivity index (χ3n) is 5.16. The lowest BCUT2D eigenvalue weighted by Crippen LogP contribution is -2.27. The van der Waals surface area contributed by atoms with E-state index in [0.29, 0.717) is 34.4 Å². The van der Waals surface area contributed by atoms with E-state index in [1.165, 1.54) is 4.68 Å². The number of sulfonamides is 1. The number of primary sulfonamides is 1. The van der Waals surface area contributed by atoms with Crippen molar-refractivity contribution in [2.24, 2.45) is 15.2 Å². The molecular formula is C22H27N9O2S. The molecule has 0 unspecified atom stereocenters. The quantitative estimate of drug-likeness (QED) is 0.493. The fourth-order valence-electron chi connectivity index (χ4n) is 3.71. The number of hydrogen-bond donors (Lipinski definition) is 1. The first kappa shape index (κ1) is 23.6. The van der Waals surface area contributed by atoms with Gasteiger partial charge in [0.25, 0.3) is 0 Å². The summed E-state index contributed by atoms with van der Waals surface area (Å²) in [6.45, 7) is 7.97. The average Bonchev–Trinajstić information content (AvgIpc) is 3.34. The Kier molecular flexibility index (Phi) is 6.80. The Bertz CT molecular complexity index is 1340. The van der Waals surface area contributed by atoms with Gasteiger partial charge in [0.1, 0.15) is 28.7 Å². The maximum atomic E-state index is 11.9. The molecule has 4 heterocycles. The second-order valence-electron chi connectivity index (χ2n) is 7.95. The van der Waals surface area contributed by atoms with E-state index < -0.39 is 15.8 Å². The topological polar surface area (TPSA) is 145 Å². The third-order valence-corrected chi connectivity index (χ3v) is 5.84. The molecule has 1 aliphatic rings. The minimum absolute atomic E-state index is 0.187. The van der Waals surface area contributed by atoms with Crippen molar-refractivity contribution in [1.29, 1.82) is 0 Å². The summed E-state index contributed by atoms with van der Waals surface area (Å²) in [4.78, 5) is 16.0. The lowest BCUT2D eigenvalue weighted by molar-refractivity contribution is 0.601. The van der Waals surface area contributed by atoms with Crippen molar-refractivity contribution in [3.63, 3.8) is 0 Å². The van der Waals surface area contributed by atoms with Crippen LogP contribution in [-0.2, 0) is 10.0 Å². The van der Waals surface area contributed by atoms with Crippen LogP contribution in [0.2, 0.25) is 0 Å². The fourth-order valence-corrected chi connectivity index (χ4v) is 4.29. The standard InChI is InChI=1S/C22H27N9O2S/c1-4-12-30(13-5-2)19-10-9-16(15(3)25-19)26-20-18(14-34(23,32)33)29-31-21(27-28-22(20)31)17-8-6-7-11-24-17/h6-11H,4-5,12-14H2,1-3H3,(H2,23,32,33). The monoisotopic (exact) mass is 481 g/mol. The van der Waals surface area contributed by atoms with Gasteiger partial charge in [-0.2, -0.15) is 9.78 Å². The number of nitrogens with zero attached hydrogens (tertiary/aromatic N) is 8. The van der Waals surface area contributed by atoms with Crippen molar-refractivity contribution >= 4 is 33.0 Å². The molecule has 0 bridgehead atoms. The molecule has 0 aromatic carbocycles. The van der Waals surface area contributed by atoms with Gasteiger partial charge in [-0.15, -0.1) is 10.2 Å². The summed E-state index contributed by atoms with van der Waals surface area (Å²) in [6, 6.07) is 9.17. The molecule has 0 fully saturated rings. The number of anilines is 1. The Morgan fingerprint density at radius 3 is 2.41 bits per heavy atom. The summed E-state index contributed by atoms with van der Waals surface area (Å²) in [6.07, 6.45) is 3.67. The zero-order chi connectivity index (χ0) is 24.3. The maximum absolute atomic E-state index is 11.9. The van der Waals surface area contributed by atoms with Crippen LogP contribution in [0.4, 0.5) is 11.5 Å². The van der Waals surface area contributed by atoms with Gasteiger partial charge in [-0.25, -0.2) is 23.5 Å². The van der Waals surface area contributed by atoms with Gasteiger partial charge >= 0.3 is 0 Å². The minimum Gasteiger partial charge on any atom is -0.357 e. The first-order chi connectivity index (χ1) is 16.3. The van der Waals surface area contributed by atoms with Crippen LogP contribution >= 0.6 is 0 Å². The van der Waals surface area contributed by atoms with E-state index >= 15 is 0 Å². The highest BCUT2D eigenvalue weighted by Gasteiger charge is 2.31. The van der Waals surface area contributed by atoms with Crippen molar-refractivity contribution in [2.75, 3.05) is 23.7 Å². The molecule has 2 N–H and O–H groups in total. The van der Waals surface area contributed by atoms with Crippen molar-refractivity contribution in [3.05, 3.63) is 48.0 Å². The zero-order valence-corrected chi connectivity index (χ0v) is 20.2. The van der Waals surface area contributed by atoms with E-state index in [9.17, 15) is 8.42 Å². The molecule has 34 heavy (non-hydrogen) atoms. The number of nitrogens with two attached hydrogens (primary N) is 1. The lowest BCUT2D eigenvalue weighted by atomic mass is 10.2. The van der Waals surface area contributed by atoms with Crippen LogP contribution in [0.5, 0.6) is 0 Å². The summed E-state index contributed by atoms with van der Waals surface area (Å²) in [5.41, 5.74) is 2.33. The van der Waals surface area contributed by atoms with Crippen LogP contribution in [0.3, 0.4) is 0 Å². The third kappa shape index (κ3) is 5.02. The summed E-state index contributed by atoms with van der Waals surface area (Å²) < 4.78 is 25.2. The lowest BCUT2D eigenvalue weighted by Gasteiger charge is -2.23. The Labute approximate surface area is 198 Å². The number of pyridine rings is 2. The molecule has 0 spiro atoms. The Morgan fingerprint density at radius 1 is 1.06 bits per heavy atom. The van der Waals surface area contributed by atoms with Crippen LogP contribution in [0.25, 0.3) is 11.5 Å². The normalized spacial score (nSPS) is 14.4. The minimum atomic E-state index is -3.86. The van der Waals surface area contributed by atoms with Gasteiger partial charge in [-0.05, 0) is 44.0 Å². The number of hydrogen-bond acceptors (Lipinski definition) is 9. The predicted octanol–water partition coefficient (Wildman–Crippen LogP) is 2.30. The van der Waals surface area contributed by atoms with Crippen LogP contribution in [0.1, 0.15) is 38.2 Å². The van der Waals surface area contributed by atoms with E-state index in [4.69, 9.17) is 15.1 Å². The van der Waals surface area contributed by atoms with E-state index in [1.54, 1.807) is 18.3 Å². The molecule has 12 heteroatoms. The van der Waals surface area contributed by atoms with Crippen LogP contribution in [0, 0.1) is 6.92 Å². The van der Waals surface area contributed by atoms with Crippen LogP contribution in [0.15, 0.2) is 46.6 Å². The fraction of sp³-hybridized carbons (Fsp3) is 0.364. The van der Waals surface area contributed by atoms with Crippen molar-refractivity contribution in [1.82, 2.24) is 24.8 Å². The molecule has 0 atom stereocenters. The summed E-state index contributed by atoms with van der Waals surface area (Å²) in [5, 5.41) is 18.2. The molecule has 4 rings (SSSR count). The van der Waals surface area contributed by atoms with Gasteiger partial charge in [0, 0.05) is 19.3 Å². The smallest absolute Gasteiger partial charge is 0.214 e. The van der Waals surface area contributed by atoms with Crippen molar-refractivity contribution in [3.8, 4) is 11.5 Å². The number of aliphatic imine (C=N–C) groups is 1. The van der Waals surface area contributed by atoms with Gasteiger partial charge in [-0.1, -0.05) is 19.9 Å². The molecule has 0 aliphatic carbocycles. The molecule has 3 aromatic heterocycles. The van der Waals surface area contributed by atoms with Gasteiger partial charge in [0.05, 0.1) is 11.4 Å². The first-order valence-electron chi connectivity index (χ1n) is 11.1. The summed E-state index contributed by atoms with van der Waals surface area (Å²) in [7, 11) is -3.86. The molecule has 0 radical (unpaired) electrons. The largest absolute Gasteiger partial charge is 0.357 e. The second kappa shape index (κ2) is 9.77. The Balaban J connectivity index is 1.76. The Morgan fingerprint density at radius 2 is 1.79 bits per heavy atom. The summed E-state index contributed by atoms with van der Waals surface area (Å²) in [5.74, 6) is 1.10. The molecule has 0 saturated carbocycles. The molecule has 3 aromatic rings. The van der Waals surface area contributed by atoms with E-state index in [0.717, 1.165) is 31.7 Å². The summed E-state index contributed by atoms with van der Waals surface area (Å²) >= 11 is 0. The number of aryl methyl sites for hydroxylation is 1. The average molecular weight is 482 g/mol. The molecular weight excluding hydrogens is 454 g/mol.